The number of hydrogen-bond acceptors (Lipinski definition) is 2. The summed E-state index contributed by atoms with van der Waals surface area (Å²) in [4.78, 5) is 0. The van der Waals surface area contributed by atoms with Crippen molar-refractivity contribution in [2.45, 2.75) is 37.3 Å². The van der Waals surface area contributed by atoms with Gasteiger partial charge in [0.1, 0.15) is 0 Å². The molecule has 0 amide bonds. The molecule has 0 aromatic heterocycles. The molecule has 0 spiro atoms. The Bertz CT molecular complexity index is 538. The van der Waals surface area contributed by atoms with E-state index in [0.717, 1.165) is 19.4 Å². The van der Waals surface area contributed by atoms with Gasteiger partial charge in [-0.05, 0) is 36.9 Å². The maximum absolute atomic E-state index is 6.22. The summed E-state index contributed by atoms with van der Waals surface area (Å²) in [6, 6.07) is 22.0. The van der Waals surface area contributed by atoms with E-state index in [1.54, 1.807) is 0 Å². The molecule has 1 aliphatic rings. The molecule has 3 unspecified atom stereocenters. The second-order valence-corrected chi connectivity index (χ2v) is 5.97. The lowest BCUT2D eigenvalue weighted by atomic mass is 10.0. The first-order valence-electron chi connectivity index (χ1n) is 7.93. The average Bonchev–Trinajstić information content (AvgIpc) is 3.33. The largest absolute Gasteiger partial charge is 0.324 e. The van der Waals surface area contributed by atoms with Crippen molar-refractivity contribution in [3.8, 4) is 0 Å². The van der Waals surface area contributed by atoms with Gasteiger partial charge in [0.05, 0.1) is 0 Å². The van der Waals surface area contributed by atoms with Crippen molar-refractivity contribution < 1.29 is 0 Å². The Morgan fingerprint density at radius 2 is 1.67 bits per heavy atom. The van der Waals surface area contributed by atoms with E-state index in [9.17, 15) is 0 Å². The third-order valence-corrected chi connectivity index (χ3v) is 4.34. The van der Waals surface area contributed by atoms with Gasteiger partial charge in [-0.3, -0.25) is 0 Å². The van der Waals surface area contributed by atoms with Gasteiger partial charge in [0.15, 0.2) is 0 Å². The highest BCUT2D eigenvalue weighted by Gasteiger charge is 2.37. The molecular weight excluding hydrogens is 256 g/mol. The lowest BCUT2D eigenvalue weighted by Crippen LogP contribution is -2.21. The molecule has 21 heavy (non-hydrogen) atoms. The Morgan fingerprint density at radius 3 is 2.38 bits per heavy atom. The van der Waals surface area contributed by atoms with Gasteiger partial charge >= 0.3 is 0 Å². The van der Waals surface area contributed by atoms with Gasteiger partial charge in [0.25, 0.3) is 0 Å². The summed E-state index contributed by atoms with van der Waals surface area (Å²) in [6.07, 6.45) is 3.45. The smallest absolute Gasteiger partial charge is 0.0295 e. The van der Waals surface area contributed by atoms with Gasteiger partial charge in [-0.15, -0.1) is 0 Å². The van der Waals surface area contributed by atoms with Gasteiger partial charge in [-0.1, -0.05) is 60.7 Å². The molecule has 110 valence electrons. The second kappa shape index (κ2) is 6.88. The van der Waals surface area contributed by atoms with Gasteiger partial charge in [-0.25, -0.2) is 0 Å². The van der Waals surface area contributed by atoms with E-state index in [4.69, 9.17) is 5.73 Å². The first-order valence-corrected chi connectivity index (χ1v) is 7.93. The SMILES string of the molecule is NC(CCCNC1CC1c1ccccc1)c1ccccc1. The number of benzene rings is 2. The average molecular weight is 280 g/mol. The second-order valence-electron chi connectivity index (χ2n) is 5.97. The number of hydrogen-bond donors (Lipinski definition) is 2. The van der Waals surface area contributed by atoms with Crippen LogP contribution in [-0.4, -0.2) is 12.6 Å². The molecule has 3 rings (SSSR count). The first-order chi connectivity index (χ1) is 10.3. The molecule has 3 atom stereocenters. The molecule has 1 aliphatic carbocycles. The predicted octanol–water partition coefficient (Wildman–Crippen LogP) is 3.61. The highest BCUT2D eigenvalue weighted by atomic mass is 15.0. The van der Waals surface area contributed by atoms with Crippen LogP contribution in [-0.2, 0) is 0 Å². The van der Waals surface area contributed by atoms with Crippen LogP contribution in [0.25, 0.3) is 0 Å². The Labute approximate surface area is 127 Å². The fourth-order valence-corrected chi connectivity index (χ4v) is 2.97. The monoisotopic (exact) mass is 280 g/mol. The zero-order valence-corrected chi connectivity index (χ0v) is 12.4. The van der Waals surface area contributed by atoms with Crippen LogP contribution in [0.3, 0.4) is 0 Å². The van der Waals surface area contributed by atoms with E-state index in [2.05, 4.69) is 59.9 Å². The highest BCUT2D eigenvalue weighted by molar-refractivity contribution is 5.27. The Hall–Kier alpha value is -1.64. The fourth-order valence-electron chi connectivity index (χ4n) is 2.97. The summed E-state index contributed by atoms with van der Waals surface area (Å²) in [5.74, 6) is 0.717. The maximum Gasteiger partial charge on any atom is 0.0295 e. The third-order valence-electron chi connectivity index (χ3n) is 4.34. The normalized spacial score (nSPS) is 22.0. The van der Waals surface area contributed by atoms with E-state index in [-0.39, 0.29) is 6.04 Å². The minimum atomic E-state index is 0.164. The lowest BCUT2D eigenvalue weighted by molar-refractivity contribution is 0.561. The lowest BCUT2D eigenvalue weighted by Gasteiger charge is -2.12. The van der Waals surface area contributed by atoms with Crippen LogP contribution in [0.1, 0.15) is 42.3 Å². The summed E-state index contributed by atoms with van der Waals surface area (Å²) in [5, 5.41) is 3.66. The summed E-state index contributed by atoms with van der Waals surface area (Å²) in [5.41, 5.74) is 8.93. The molecule has 0 bridgehead atoms. The van der Waals surface area contributed by atoms with Crippen LogP contribution in [0.15, 0.2) is 60.7 Å². The predicted molar refractivity (Wildman–Crippen MR) is 88.2 cm³/mol. The fraction of sp³-hybridized carbons (Fsp3) is 0.368. The quantitative estimate of drug-likeness (QED) is 0.760. The van der Waals surface area contributed by atoms with E-state index >= 15 is 0 Å². The van der Waals surface area contributed by atoms with Gasteiger partial charge in [0.2, 0.25) is 0 Å². The third kappa shape index (κ3) is 3.93. The molecule has 3 N–H and O–H groups in total. The highest BCUT2D eigenvalue weighted by Crippen LogP contribution is 2.40. The van der Waals surface area contributed by atoms with Crippen molar-refractivity contribution in [3.63, 3.8) is 0 Å². The minimum Gasteiger partial charge on any atom is -0.324 e. The maximum atomic E-state index is 6.22. The van der Waals surface area contributed by atoms with Gasteiger partial charge < -0.3 is 11.1 Å². The summed E-state index contributed by atoms with van der Waals surface area (Å²) >= 11 is 0. The van der Waals surface area contributed by atoms with E-state index in [1.165, 1.54) is 17.5 Å². The molecule has 2 nitrogen and oxygen atoms in total. The van der Waals surface area contributed by atoms with Crippen LogP contribution >= 0.6 is 0 Å². The molecule has 1 saturated carbocycles. The topological polar surface area (TPSA) is 38.0 Å². The van der Waals surface area contributed by atoms with E-state index in [0.29, 0.717) is 12.0 Å². The van der Waals surface area contributed by atoms with Crippen LogP contribution in [0, 0.1) is 0 Å². The molecule has 2 aromatic rings. The van der Waals surface area contributed by atoms with Crippen LogP contribution < -0.4 is 11.1 Å². The summed E-state index contributed by atoms with van der Waals surface area (Å²) in [6.45, 7) is 1.06. The first kappa shape index (κ1) is 14.3. The van der Waals surface area contributed by atoms with Crippen LogP contribution in [0.4, 0.5) is 0 Å². The van der Waals surface area contributed by atoms with Crippen molar-refractivity contribution >= 4 is 0 Å². The summed E-state index contributed by atoms with van der Waals surface area (Å²) in [7, 11) is 0. The molecule has 2 aromatic carbocycles. The van der Waals surface area contributed by atoms with Crippen LogP contribution in [0.5, 0.6) is 0 Å². The zero-order valence-electron chi connectivity index (χ0n) is 12.4. The standard InChI is InChI=1S/C19H24N2/c20-18(16-10-5-2-6-11-16)12-7-13-21-19-14-17(19)15-8-3-1-4-9-15/h1-6,8-11,17-19,21H,7,12-14,20H2. The Morgan fingerprint density at radius 1 is 1.00 bits per heavy atom. The molecule has 0 radical (unpaired) electrons. The van der Waals surface area contributed by atoms with Crippen LogP contribution in [0.2, 0.25) is 0 Å². The number of rotatable bonds is 7. The zero-order chi connectivity index (χ0) is 14.5. The molecular formula is C19H24N2. The molecule has 0 heterocycles. The molecule has 2 heteroatoms. The van der Waals surface area contributed by atoms with Gasteiger partial charge in [-0.2, -0.15) is 0 Å². The number of nitrogens with two attached hydrogens (primary N) is 1. The van der Waals surface area contributed by atoms with E-state index in [1.807, 2.05) is 6.07 Å². The molecule has 0 aliphatic heterocycles. The Balaban J connectivity index is 1.35. The minimum absolute atomic E-state index is 0.164. The van der Waals surface area contributed by atoms with E-state index < -0.39 is 0 Å². The summed E-state index contributed by atoms with van der Waals surface area (Å²) < 4.78 is 0. The molecule has 1 fully saturated rings. The van der Waals surface area contributed by atoms with Crippen molar-refractivity contribution in [1.82, 2.24) is 5.32 Å². The van der Waals surface area contributed by atoms with Crippen molar-refractivity contribution in [3.05, 3.63) is 71.8 Å². The van der Waals surface area contributed by atoms with Crippen molar-refractivity contribution in [1.29, 1.82) is 0 Å². The Kier molecular flexibility index (Phi) is 4.69. The number of nitrogens with one attached hydrogen (secondary N) is 1. The van der Waals surface area contributed by atoms with Crippen molar-refractivity contribution in [2.75, 3.05) is 6.54 Å². The van der Waals surface area contributed by atoms with Gasteiger partial charge in [0, 0.05) is 18.0 Å². The van der Waals surface area contributed by atoms with Crippen molar-refractivity contribution in [2.24, 2.45) is 5.73 Å². The molecule has 0 saturated heterocycles.